The molecule has 2 heterocycles. The Bertz CT molecular complexity index is 187. The molecule has 2 saturated heterocycles. The Kier molecular flexibility index (Phi) is 5.11. The molecule has 0 aromatic rings. The van der Waals surface area contributed by atoms with Gasteiger partial charge in [0.15, 0.2) is 0 Å². The topological polar surface area (TPSA) is 15.3 Å². The molecule has 0 unspecified atom stereocenters. The van der Waals surface area contributed by atoms with E-state index in [2.05, 4.69) is 17.1 Å². The molecule has 2 atom stereocenters. The molecule has 94 valence electrons. The monoisotopic (exact) mass is 224 g/mol. The summed E-state index contributed by atoms with van der Waals surface area (Å²) in [5.41, 5.74) is 0. The summed E-state index contributed by atoms with van der Waals surface area (Å²) in [5, 5.41) is 3.66. The Morgan fingerprint density at radius 2 is 2.00 bits per heavy atom. The summed E-state index contributed by atoms with van der Waals surface area (Å²) in [4.78, 5) is 2.64. The first kappa shape index (κ1) is 12.4. The van der Waals surface area contributed by atoms with E-state index in [1.54, 1.807) is 0 Å². The fourth-order valence-corrected chi connectivity index (χ4v) is 3.17. The van der Waals surface area contributed by atoms with Gasteiger partial charge in [-0.2, -0.15) is 0 Å². The highest BCUT2D eigenvalue weighted by Crippen LogP contribution is 2.19. The average Bonchev–Trinajstić information content (AvgIpc) is 2.77. The first-order valence-corrected chi connectivity index (χ1v) is 7.30. The highest BCUT2D eigenvalue weighted by atomic mass is 15.1. The van der Waals surface area contributed by atoms with E-state index in [9.17, 15) is 0 Å². The molecule has 0 amide bonds. The molecule has 2 aliphatic rings. The van der Waals surface area contributed by atoms with Crippen LogP contribution >= 0.6 is 0 Å². The molecule has 0 saturated carbocycles. The van der Waals surface area contributed by atoms with E-state index >= 15 is 0 Å². The summed E-state index contributed by atoms with van der Waals surface area (Å²) >= 11 is 0. The molecule has 2 aliphatic heterocycles. The highest BCUT2D eigenvalue weighted by molar-refractivity contribution is 4.76. The predicted molar refractivity (Wildman–Crippen MR) is 69.7 cm³/mol. The second-order valence-corrected chi connectivity index (χ2v) is 5.83. The molecular weight excluding hydrogens is 196 g/mol. The zero-order chi connectivity index (χ0) is 11.2. The maximum atomic E-state index is 3.66. The van der Waals surface area contributed by atoms with Gasteiger partial charge in [0.1, 0.15) is 0 Å². The van der Waals surface area contributed by atoms with Crippen molar-refractivity contribution in [3.63, 3.8) is 0 Å². The van der Waals surface area contributed by atoms with E-state index in [1.165, 1.54) is 71.1 Å². The molecule has 1 N–H and O–H groups in total. The number of unbranched alkanes of at least 4 members (excludes halogenated alkanes) is 1. The molecule has 0 radical (unpaired) electrons. The van der Waals surface area contributed by atoms with Crippen LogP contribution < -0.4 is 5.32 Å². The van der Waals surface area contributed by atoms with Crippen molar-refractivity contribution in [2.45, 2.75) is 57.9 Å². The number of likely N-dealkylation sites (tertiary alicyclic amines) is 1. The largest absolute Gasteiger partial charge is 0.314 e. The zero-order valence-electron chi connectivity index (χ0n) is 10.9. The van der Waals surface area contributed by atoms with Gasteiger partial charge in [0, 0.05) is 6.04 Å². The fraction of sp³-hybridized carbons (Fsp3) is 1.00. The van der Waals surface area contributed by atoms with Gasteiger partial charge in [-0.25, -0.2) is 0 Å². The van der Waals surface area contributed by atoms with Crippen molar-refractivity contribution < 1.29 is 0 Å². The van der Waals surface area contributed by atoms with E-state index in [0.717, 1.165) is 12.0 Å². The van der Waals surface area contributed by atoms with Crippen molar-refractivity contribution >= 4 is 0 Å². The highest BCUT2D eigenvalue weighted by Gasteiger charge is 2.17. The number of rotatable bonds is 5. The summed E-state index contributed by atoms with van der Waals surface area (Å²) in [6, 6.07) is 0.822. The van der Waals surface area contributed by atoms with Gasteiger partial charge >= 0.3 is 0 Å². The van der Waals surface area contributed by atoms with Crippen molar-refractivity contribution in [2.75, 3.05) is 26.2 Å². The van der Waals surface area contributed by atoms with Gasteiger partial charge in [0.05, 0.1) is 0 Å². The van der Waals surface area contributed by atoms with Crippen LogP contribution in [0.5, 0.6) is 0 Å². The molecule has 0 aromatic carbocycles. The summed E-state index contributed by atoms with van der Waals surface area (Å²) < 4.78 is 0. The van der Waals surface area contributed by atoms with Crippen LogP contribution in [0.3, 0.4) is 0 Å². The molecule has 16 heavy (non-hydrogen) atoms. The number of hydrogen-bond acceptors (Lipinski definition) is 2. The molecule has 2 nitrogen and oxygen atoms in total. The van der Waals surface area contributed by atoms with Crippen LogP contribution in [-0.4, -0.2) is 37.1 Å². The summed E-state index contributed by atoms with van der Waals surface area (Å²) in [5.74, 6) is 0.949. The lowest BCUT2D eigenvalue weighted by atomic mass is 9.91. The van der Waals surface area contributed by atoms with Crippen LogP contribution in [-0.2, 0) is 0 Å². The first-order valence-electron chi connectivity index (χ1n) is 7.30. The number of piperidine rings is 1. The summed E-state index contributed by atoms with van der Waals surface area (Å²) in [6.07, 6.45) is 9.88. The minimum Gasteiger partial charge on any atom is -0.314 e. The van der Waals surface area contributed by atoms with E-state index in [1.807, 2.05) is 0 Å². The fourth-order valence-electron chi connectivity index (χ4n) is 3.17. The molecule has 2 heteroatoms. The lowest BCUT2D eigenvalue weighted by Crippen LogP contribution is -2.37. The number of nitrogens with one attached hydrogen (secondary N) is 1. The lowest BCUT2D eigenvalue weighted by molar-refractivity contribution is 0.288. The van der Waals surface area contributed by atoms with Crippen LogP contribution in [0.2, 0.25) is 0 Å². The van der Waals surface area contributed by atoms with Gasteiger partial charge in [-0.3, -0.25) is 0 Å². The SMILES string of the molecule is C[C@H]1CCN[C@H](CCCCN2CCCC2)C1. The van der Waals surface area contributed by atoms with Crippen molar-refractivity contribution in [3.8, 4) is 0 Å². The Morgan fingerprint density at radius 1 is 1.19 bits per heavy atom. The summed E-state index contributed by atoms with van der Waals surface area (Å²) in [6.45, 7) is 7.72. The predicted octanol–water partition coefficient (Wildman–Crippen LogP) is 2.64. The Balaban J connectivity index is 1.50. The van der Waals surface area contributed by atoms with Crippen LogP contribution in [0.1, 0.15) is 51.9 Å². The standard InChI is InChI=1S/C14H28N2/c1-13-7-8-15-14(12-13)6-2-3-9-16-10-4-5-11-16/h13-15H,2-12H2,1H3/t13-,14+/m0/s1. The first-order chi connectivity index (χ1) is 7.84. The second kappa shape index (κ2) is 6.61. The van der Waals surface area contributed by atoms with E-state index in [0.29, 0.717) is 0 Å². The Labute approximate surface area is 101 Å². The van der Waals surface area contributed by atoms with Crippen LogP contribution in [0.25, 0.3) is 0 Å². The third-order valence-electron chi connectivity index (χ3n) is 4.23. The maximum absolute atomic E-state index is 3.66. The van der Waals surface area contributed by atoms with Gasteiger partial charge in [0.2, 0.25) is 0 Å². The van der Waals surface area contributed by atoms with Gasteiger partial charge in [-0.15, -0.1) is 0 Å². The Morgan fingerprint density at radius 3 is 2.75 bits per heavy atom. The van der Waals surface area contributed by atoms with Crippen molar-refractivity contribution in [1.82, 2.24) is 10.2 Å². The minimum atomic E-state index is 0.822. The Hall–Kier alpha value is -0.0800. The second-order valence-electron chi connectivity index (χ2n) is 5.83. The summed E-state index contributed by atoms with van der Waals surface area (Å²) in [7, 11) is 0. The van der Waals surface area contributed by atoms with Gasteiger partial charge in [0.25, 0.3) is 0 Å². The quantitative estimate of drug-likeness (QED) is 0.722. The smallest absolute Gasteiger partial charge is 0.00696 e. The number of nitrogens with zero attached hydrogens (tertiary/aromatic N) is 1. The normalized spacial score (nSPS) is 32.1. The molecule has 0 aliphatic carbocycles. The van der Waals surface area contributed by atoms with Crippen molar-refractivity contribution in [3.05, 3.63) is 0 Å². The third-order valence-corrected chi connectivity index (χ3v) is 4.23. The molecular formula is C14H28N2. The van der Waals surface area contributed by atoms with Gasteiger partial charge < -0.3 is 10.2 Å². The van der Waals surface area contributed by atoms with Crippen molar-refractivity contribution in [2.24, 2.45) is 5.92 Å². The van der Waals surface area contributed by atoms with Gasteiger partial charge in [-0.1, -0.05) is 13.3 Å². The molecule has 2 fully saturated rings. The van der Waals surface area contributed by atoms with Crippen LogP contribution in [0.15, 0.2) is 0 Å². The average molecular weight is 224 g/mol. The van der Waals surface area contributed by atoms with Gasteiger partial charge in [-0.05, 0) is 70.6 Å². The molecule has 0 spiro atoms. The van der Waals surface area contributed by atoms with E-state index < -0.39 is 0 Å². The zero-order valence-corrected chi connectivity index (χ0v) is 10.9. The maximum Gasteiger partial charge on any atom is 0.00696 e. The number of hydrogen-bond donors (Lipinski definition) is 1. The molecule has 0 aromatic heterocycles. The van der Waals surface area contributed by atoms with E-state index in [-0.39, 0.29) is 0 Å². The minimum absolute atomic E-state index is 0.822. The van der Waals surface area contributed by atoms with E-state index in [4.69, 9.17) is 0 Å². The lowest BCUT2D eigenvalue weighted by Gasteiger charge is -2.28. The van der Waals surface area contributed by atoms with Crippen LogP contribution in [0, 0.1) is 5.92 Å². The van der Waals surface area contributed by atoms with Crippen molar-refractivity contribution in [1.29, 1.82) is 0 Å². The molecule has 2 rings (SSSR count). The van der Waals surface area contributed by atoms with Crippen LogP contribution in [0.4, 0.5) is 0 Å². The molecule has 0 bridgehead atoms. The third kappa shape index (κ3) is 4.06.